The molecule has 0 bridgehead atoms. The monoisotopic (exact) mass is 492 g/mol. The first kappa shape index (κ1) is 25.3. The van der Waals surface area contributed by atoms with Crippen molar-refractivity contribution in [3.63, 3.8) is 0 Å². The Morgan fingerprint density at radius 2 is 1.97 bits per heavy atom. The number of amides is 4. The lowest BCUT2D eigenvalue weighted by Gasteiger charge is -2.34. The van der Waals surface area contributed by atoms with Gasteiger partial charge in [-0.25, -0.2) is 14.0 Å². The van der Waals surface area contributed by atoms with E-state index in [0.717, 1.165) is 11.3 Å². The van der Waals surface area contributed by atoms with E-state index in [0.29, 0.717) is 42.1 Å². The Labute approximate surface area is 201 Å². The van der Waals surface area contributed by atoms with Crippen LogP contribution in [0.2, 0.25) is 0 Å². The molecule has 0 aliphatic carbocycles. The largest absolute Gasteiger partial charge is 0.496 e. The predicted octanol–water partition coefficient (Wildman–Crippen LogP) is 4.18. The third-order valence-electron chi connectivity index (χ3n) is 5.03. The van der Waals surface area contributed by atoms with Crippen LogP contribution in [0.1, 0.15) is 43.3 Å². The molecule has 184 valence electrons. The number of urea groups is 1. The molecule has 1 aromatic carbocycles. The Balaban J connectivity index is 1.82. The van der Waals surface area contributed by atoms with Crippen molar-refractivity contribution in [1.82, 2.24) is 10.2 Å². The summed E-state index contributed by atoms with van der Waals surface area (Å²) >= 11 is 1.07. The van der Waals surface area contributed by atoms with Gasteiger partial charge in [-0.2, -0.15) is 0 Å². The minimum absolute atomic E-state index is 0.203. The van der Waals surface area contributed by atoms with E-state index < -0.39 is 29.4 Å². The van der Waals surface area contributed by atoms with Gasteiger partial charge in [-0.1, -0.05) is 0 Å². The van der Waals surface area contributed by atoms with Gasteiger partial charge in [0.25, 0.3) is 5.91 Å². The fraction of sp³-hybridized carbons (Fsp3) is 0.435. The molecule has 0 radical (unpaired) electrons. The van der Waals surface area contributed by atoms with Crippen LogP contribution in [0, 0.1) is 5.82 Å². The van der Waals surface area contributed by atoms with E-state index in [-0.39, 0.29) is 16.6 Å². The number of likely N-dealkylation sites (tertiary alicyclic amines) is 1. The third kappa shape index (κ3) is 6.37. The molecule has 1 aromatic heterocycles. The highest BCUT2D eigenvalue weighted by atomic mass is 32.1. The number of ether oxygens (including phenoxy) is 2. The SMILES string of the molecule is COc1ccc(F)cc1-c1cc(NC(N)=O)c(C(=O)N[C@H]2CCCN(C(=O)OC(C)(C)C)C2)s1. The van der Waals surface area contributed by atoms with Crippen molar-refractivity contribution in [2.45, 2.75) is 45.3 Å². The molecule has 34 heavy (non-hydrogen) atoms. The van der Waals surface area contributed by atoms with E-state index in [2.05, 4.69) is 10.6 Å². The van der Waals surface area contributed by atoms with Gasteiger partial charge in [0.15, 0.2) is 0 Å². The summed E-state index contributed by atoms with van der Waals surface area (Å²) in [6.07, 6.45) is 0.950. The first-order valence-electron chi connectivity index (χ1n) is 10.8. The average Bonchev–Trinajstić information content (AvgIpc) is 3.15. The maximum atomic E-state index is 13.9. The van der Waals surface area contributed by atoms with Crippen LogP contribution in [0.5, 0.6) is 5.75 Å². The van der Waals surface area contributed by atoms with E-state index in [1.165, 1.54) is 25.3 Å². The Hall–Kier alpha value is -3.34. The van der Waals surface area contributed by atoms with E-state index in [4.69, 9.17) is 15.2 Å². The zero-order valence-electron chi connectivity index (χ0n) is 19.6. The van der Waals surface area contributed by atoms with Crippen LogP contribution in [-0.4, -0.2) is 54.8 Å². The number of rotatable bonds is 5. The average molecular weight is 493 g/mol. The molecule has 1 atom stereocenters. The Morgan fingerprint density at radius 3 is 2.62 bits per heavy atom. The number of anilines is 1. The van der Waals surface area contributed by atoms with Crippen molar-refractivity contribution in [2.75, 3.05) is 25.5 Å². The number of thiophene rings is 1. The second-order valence-electron chi connectivity index (χ2n) is 8.93. The van der Waals surface area contributed by atoms with Gasteiger partial charge in [-0.3, -0.25) is 4.79 Å². The van der Waals surface area contributed by atoms with E-state index in [1.807, 2.05) is 0 Å². The van der Waals surface area contributed by atoms with Crippen molar-refractivity contribution in [3.05, 3.63) is 35.0 Å². The number of nitrogens with two attached hydrogens (primary N) is 1. The molecular formula is C23H29FN4O5S. The summed E-state index contributed by atoms with van der Waals surface area (Å²) in [5, 5.41) is 5.38. The summed E-state index contributed by atoms with van der Waals surface area (Å²) < 4.78 is 24.6. The summed E-state index contributed by atoms with van der Waals surface area (Å²) in [7, 11) is 1.46. The molecule has 0 unspecified atom stereocenters. The molecule has 11 heteroatoms. The number of carbonyl (C=O) groups excluding carboxylic acids is 3. The van der Waals surface area contributed by atoms with Gasteiger partial charge in [-0.05, 0) is 57.9 Å². The summed E-state index contributed by atoms with van der Waals surface area (Å²) in [4.78, 5) is 39.4. The van der Waals surface area contributed by atoms with Crippen LogP contribution >= 0.6 is 11.3 Å². The van der Waals surface area contributed by atoms with Crippen LogP contribution in [0.25, 0.3) is 10.4 Å². The predicted molar refractivity (Wildman–Crippen MR) is 128 cm³/mol. The number of hydrogen-bond donors (Lipinski definition) is 3. The number of nitrogens with one attached hydrogen (secondary N) is 2. The molecule has 1 fully saturated rings. The molecular weight excluding hydrogens is 463 g/mol. The van der Waals surface area contributed by atoms with E-state index in [9.17, 15) is 18.8 Å². The van der Waals surface area contributed by atoms with Gasteiger partial charge in [-0.15, -0.1) is 11.3 Å². The first-order valence-corrected chi connectivity index (χ1v) is 11.6. The number of piperidine rings is 1. The van der Waals surface area contributed by atoms with Gasteiger partial charge in [0.1, 0.15) is 22.0 Å². The normalized spacial score (nSPS) is 16.0. The fourth-order valence-corrected chi connectivity index (χ4v) is 4.67. The van der Waals surface area contributed by atoms with Gasteiger partial charge < -0.3 is 30.7 Å². The number of benzene rings is 1. The van der Waals surface area contributed by atoms with Gasteiger partial charge in [0.05, 0.1) is 12.8 Å². The molecule has 4 N–H and O–H groups in total. The lowest BCUT2D eigenvalue weighted by atomic mass is 10.1. The molecule has 1 aliphatic heterocycles. The Kier molecular flexibility index (Phi) is 7.65. The lowest BCUT2D eigenvalue weighted by Crippen LogP contribution is -2.50. The molecule has 0 saturated carbocycles. The van der Waals surface area contributed by atoms with Crippen LogP contribution < -0.4 is 21.1 Å². The number of primary amides is 1. The van der Waals surface area contributed by atoms with Crippen molar-refractivity contribution < 1.29 is 28.2 Å². The topological polar surface area (TPSA) is 123 Å². The molecule has 2 heterocycles. The molecule has 0 spiro atoms. The minimum Gasteiger partial charge on any atom is -0.496 e. The highest BCUT2D eigenvalue weighted by Crippen LogP contribution is 2.39. The fourth-order valence-electron chi connectivity index (χ4n) is 3.63. The van der Waals surface area contributed by atoms with Gasteiger partial charge in [0.2, 0.25) is 0 Å². The molecule has 9 nitrogen and oxygen atoms in total. The van der Waals surface area contributed by atoms with Gasteiger partial charge >= 0.3 is 12.1 Å². The second-order valence-corrected chi connectivity index (χ2v) is 9.98. The Bertz CT molecular complexity index is 1080. The summed E-state index contributed by atoms with van der Waals surface area (Å²) in [6.45, 7) is 6.23. The second kappa shape index (κ2) is 10.3. The zero-order valence-corrected chi connectivity index (χ0v) is 20.4. The maximum Gasteiger partial charge on any atom is 0.410 e. The minimum atomic E-state index is -0.835. The molecule has 4 amide bonds. The summed E-state index contributed by atoms with van der Waals surface area (Å²) in [6, 6.07) is 4.46. The molecule has 3 rings (SSSR count). The van der Waals surface area contributed by atoms with Crippen LogP contribution in [0.4, 0.5) is 19.7 Å². The first-order chi connectivity index (χ1) is 16.0. The van der Waals surface area contributed by atoms with Crippen LogP contribution in [0.3, 0.4) is 0 Å². The zero-order chi connectivity index (χ0) is 25.0. The molecule has 2 aromatic rings. The number of nitrogens with zero attached hydrogens (tertiary/aromatic N) is 1. The Morgan fingerprint density at radius 1 is 1.24 bits per heavy atom. The number of carbonyl (C=O) groups is 3. The van der Waals surface area contributed by atoms with Crippen LogP contribution in [-0.2, 0) is 4.74 Å². The standard InChI is InChI=1S/C23H29FN4O5S/c1-23(2,3)33-22(31)28-9-5-6-14(12-28)26-20(29)19-16(27-21(25)30)11-18(34-19)15-10-13(24)7-8-17(15)32-4/h7-8,10-11,14H,5-6,9,12H2,1-4H3,(H,26,29)(H3,25,27,30)/t14-/m0/s1. The lowest BCUT2D eigenvalue weighted by molar-refractivity contribution is 0.0185. The van der Waals surface area contributed by atoms with Crippen molar-refractivity contribution in [2.24, 2.45) is 5.73 Å². The summed E-state index contributed by atoms with van der Waals surface area (Å²) in [5.74, 6) is -0.490. The highest BCUT2D eigenvalue weighted by Gasteiger charge is 2.29. The van der Waals surface area contributed by atoms with Gasteiger partial charge in [0, 0.05) is 29.6 Å². The van der Waals surface area contributed by atoms with Crippen molar-refractivity contribution in [1.29, 1.82) is 0 Å². The number of methoxy groups -OCH3 is 1. The molecule has 1 saturated heterocycles. The van der Waals surface area contributed by atoms with Crippen LogP contribution in [0.15, 0.2) is 24.3 Å². The molecule has 1 aliphatic rings. The summed E-state index contributed by atoms with van der Waals surface area (Å²) in [5.41, 5.74) is 5.31. The smallest absolute Gasteiger partial charge is 0.410 e. The quantitative estimate of drug-likeness (QED) is 0.578. The van der Waals surface area contributed by atoms with E-state index in [1.54, 1.807) is 31.7 Å². The number of halogens is 1. The van der Waals surface area contributed by atoms with Crippen molar-refractivity contribution in [3.8, 4) is 16.2 Å². The van der Waals surface area contributed by atoms with Crippen molar-refractivity contribution >= 4 is 35.1 Å². The number of hydrogen-bond acceptors (Lipinski definition) is 6. The highest BCUT2D eigenvalue weighted by molar-refractivity contribution is 7.18. The third-order valence-corrected chi connectivity index (χ3v) is 6.20. The van der Waals surface area contributed by atoms with E-state index >= 15 is 0 Å². The maximum absolute atomic E-state index is 13.9.